The van der Waals surface area contributed by atoms with E-state index in [-0.39, 0.29) is 11.4 Å². The summed E-state index contributed by atoms with van der Waals surface area (Å²) in [4.78, 5) is 12.3. The predicted octanol–water partition coefficient (Wildman–Crippen LogP) is 4.26. The van der Waals surface area contributed by atoms with Crippen LogP contribution in [0.2, 0.25) is 5.02 Å². The number of benzene rings is 1. The lowest BCUT2D eigenvalue weighted by Crippen LogP contribution is -2.51. The number of esters is 1. The Morgan fingerprint density at radius 3 is 2.35 bits per heavy atom. The van der Waals surface area contributed by atoms with Crippen molar-refractivity contribution in [3.8, 4) is 0 Å². The average Bonchev–Trinajstić information content (AvgIpc) is 2.43. The van der Waals surface area contributed by atoms with Gasteiger partial charge in [-0.15, -0.1) is 0 Å². The molecule has 2 rings (SSSR count). The highest BCUT2D eigenvalue weighted by molar-refractivity contribution is 6.33. The van der Waals surface area contributed by atoms with Crippen molar-refractivity contribution in [2.75, 3.05) is 12.4 Å². The van der Waals surface area contributed by atoms with E-state index in [1.54, 1.807) is 0 Å². The molecule has 0 aliphatic heterocycles. The van der Waals surface area contributed by atoms with Crippen LogP contribution in [-0.4, -0.2) is 18.6 Å². The van der Waals surface area contributed by atoms with Crippen LogP contribution in [0.25, 0.3) is 0 Å². The van der Waals surface area contributed by atoms with E-state index >= 15 is 0 Å². The molecule has 1 aliphatic carbocycles. The van der Waals surface area contributed by atoms with Gasteiger partial charge in [-0.2, -0.15) is 0 Å². The van der Waals surface area contributed by atoms with E-state index in [4.69, 9.17) is 16.3 Å². The Balaban J connectivity index is 2.26. The van der Waals surface area contributed by atoms with E-state index in [1.165, 1.54) is 7.11 Å². The Morgan fingerprint density at radius 1 is 1.20 bits per heavy atom. The van der Waals surface area contributed by atoms with Crippen molar-refractivity contribution in [2.45, 2.75) is 45.1 Å². The second-order valence-corrected chi connectivity index (χ2v) is 6.75. The highest BCUT2D eigenvalue weighted by atomic mass is 35.5. The van der Waals surface area contributed by atoms with Gasteiger partial charge < -0.3 is 10.1 Å². The molecule has 1 fully saturated rings. The van der Waals surface area contributed by atoms with E-state index in [0.717, 1.165) is 31.4 Å². The molecule has 0 bridgehead atoms. The van der Waals surface area contributed by atoms with Crippen LogP contribution < -0.4 is 5.32 Å². The molecule has 0 atom stereocenters. The van der Waals surface area contributed by atoms with Gasteiger partial charge >= 0.3 is 5.97 Å². The summed E-state index contributed by atoms with van der Waals surface area (Å²) in [6.07, 6.45) is 3.49. The number of nitrogens with one attached hydrogen (secondary N) is 1. The summed E-state index contributed by atoms with van der Waals surface area (Å²) in [5.74, 6) is -0.201. The molecular formula is C16H22ClNO2. The van der Waals surface area contributed by atoms with Gasteiger partial charge in [0, 0.05) is 0 Å². The van der Waals surface area contributed by atoms with E-state index < -0.39 is 5.54 Å². The fourth-order valence-electron chi connectivity index (χ4n) is 2.75. The van der Waals surface area contributed by atoms with Crippen LogP contribution in [0, 0.1) is 5.41 Å². The maximum Gasteiger partial charge on any atom is 0.331 e. The number of carbonyl (C=O) groups excluding carboxylic acids is 1. The van der Waals surface area contributed by atoms with Gasteiger partial charge in [-0.05, 0) is 43.2 Å². The zero-order valence-corrected chi connectivity index (χ0v) is 13.1. The lowest BCUT2D eigenvalue weighted by Gasteiger charge is -2.42. The quantitative estimate of drug-likeness (QED) is 0.847. The smallest absolute Gasteiger partial charge is 0.331 e. The van der Waals surface area contributed by atoms with Gasteiger partial charge in [-0.3, -0.25) is 0 Å². The first-order valence-corrected chi connectivity index (χ1v) is 7.38. The third-order valence-electron chi connectivity index (χ3n) is 4.28. The minimum absolute atomic E-state index is 0.201. The van der Waals surface area contributed by atoms with Crippen LogP contribution in [0.4, 0.5) is 5.69 Å². The molecule has 0 saturated heterocycles. The van der Waals surface area contributed by atoms with Crippen LogP contribution >= 0.6 is 11.6 Å². The second kappa shape index (κ2) is 5.65. The third kappa shape index (κ3) is 3.09. The van der Waals surface area contributed by atoms with Crippen LogP contribution in [0.1, 0.15) is 39.5 Å². The Labute approximate surface area is 125 Å². The van der Waals surface area contributed by atoms with Gasteiger partial charge in [0.05, 0.1) is 17.8 Å². The van der Waals surface area contributed by atoms with Crippen molar-refractivity contribution in [3.63, 3.8) is 0 Å². The zero-order chi connectivity index (χ0) is 14.8. The molecule has 0 radical (unpaired) electrons. The van der Waals surface area contributed by atoms with Gasteiger partial charge in [0.2, 0.25) is 0 Å². The number of hydrogen-bond acceptors (Lipinski definition) is 3. The number of halogens is 1. The largest absolute Gasteiger partial charge is 0.467 e. The molecule has 0 spiro atoms. The summed E-state index contributed by atoms with van der Waals surface area (Å²) >= 11 is 6.19. The topological polar surface area (TPSA) is 38.3 Å². The molecule has 1 N–H and O–H groups in total. The summed E-state index contributed by atoms with van der Waals surface area (Å²) in [6, 6.07) is 7.50. The Hall–Kier alpha value is -1.22. The molecule has 0 unspecified atom stereocenters. The standard InChI is InChI=1S/C16H22ClNO2/c1-15(2)8-10-16(11-9-15,14(19)20-3)18-13-7-5-4-6-12(13)17/h4-7,18H,8-11H2,1-3H3. The summed E-state index contributed by atoms with van der Waals surface area (Å²) < 4.78 is 5.03. The minimum Gasteiger partial charge on any atom is -0.467 e. The number of methoxy groups -OCH3 is 1. The highest BCUT2D eigenvalue weighted by Crippen LogP contribution is 2.43. The summed E-state index contributed by atoms with van der Waals surface area (Å²) in [5.41, 5.74) is 0.411. The molecule has 1 aliphatic rings. The van der Waals surface area contributed by atoms with Crippen molar-refractivity contribution in [1.82, 2.24) is 0 Å². The normalized spacial score (nSPS) is 20.2. The van der Waals surface area contributed by atoms with Crippen LogP contribution in [0.3, 0.4) is 0 Å². The molecular weight excluding hydrogens is 274 g/mol. The van der Waals surface area contributed by atoms with E-state index in [1.807, 2.05) is 24.3 Å². The van der Waals surface area contributed by atoms with Crippen molar-refractivity contribution in [3.05, 3.63) is 29.3 Å². The number of rotatable bonds is 3. The number of para-hydroxylation sites is 1. The van der Waals surface area contributed by atoms with Crippen molar-refractivity contribution < 1.29 is 9.53 Å². The average molecular weight is 296 g/mol. The first-order valence-electron chi connectivity index (χ1n) is 7.00. The SMILES string of the molecule is COC(=O)C1(Nc2ccccc2Cl)CCC(C)(C)CC1. The minimum atomic E-state index is -0.657. The van der Waals surface area contributed by atoms with E-state index in [9.17, 15) is 4.79 Å². The van der Waals surface area contributed by atoms with Crippen LogP contribution in [0.5, 0.6) is 0 Å². The number of ether oxygens (including phenoxy) is 1. The van der Waals surface area contributed by atoms with Gasteiger partial charge in [-0.1, -0.05) is 37.6 Å². The van der Waals surface area contributed by atoms with E-state index in [2.05, 4.69) is 19.2 Å². The molecule has 110 valence electrons. The van der Waals surface area contributed by atoms with Gasteiger partial charge in [-0.25, -0.2) is 4.79 Å². The maximum absolute atomic E-state index is 12.3. The predicted molar refractivity (Wildman–Crippen MR) is 82.1 cm³/mol. The van der Waals surface area contributed by atoms with Gasteiger partial charge in [0.1, 0.15) is 5.54 Å². The third-order valence-corrected chi connectivity index (χ3v) is 4.61. The first-order chi connectivity index (χ1) is 9.38. The van der Waals surface area contributed by atoms with Crippen LogP contribution in [-0.2, 0) is 9.53 Å². The van der Waals surface area contributed by atoms with Crippen LogP contribution in [0.15, 0.2) is 24.3 Å². The fraction of sp³-hybridized carbons (Fsp3) is 0.562. The Bertz CT molecular complexity index is 489. The van der Waals surface area contributed by atoms with Crippen molar-refractivity contribution in [1.29, 1.82) is 0 Å². The monoisotopic (exact) mass is 295 g/mol. The molecule has 1 aromatic rings. The fourth-order valence-corrected chi connectivity index (χ4v) is 2.93. The summed E-state index contributed by atoms with van der Waals surface area (Å²) in [6.45, 7) is 4.48. The molecule has 1 saturated carbocycles. The lowest BCUT2D eigenvalue weighted by atomic mass is 9.69. The molecule has 0 amide bonds. The lowest BCUT2D eigenvalue weighted by molar-refractivity contribution is -0.148. The molecule has 20 heavy (non-hydrogen) atoms. The number of hydrogen-bond donors (Lipinski definition) is 1. The van der Waals surface area contributed by atoms with E-state index in [0.29, 0.717) is 5.02 Å². The van der Waals surface area contributed by atoms with Crippen molar-refractivity contribution in [2.24, 2.45) is 5.41 Å². The molecule has 0 aromatic heterocycles. The molecule has 1 aromatic carbocycles. The first kappa shape index (κ1) is 15.2. The maximum atomic E-state index is 12.3. The van der Waals surface area contributed by atoms with Gasteiger partial charge in [0.25, 0.3) is 0 Å². The highest BCUT2D eigenvalue weighted by Gasteiger charge is 2.45. The van der Waals surface area contributed by atoms with Crippen molar-refractivity contribution >= 4 is 23.3 Å². The van der Waals surface area contributed by atoms with Gasteiger partial charge in [0.15, 0.2) is 0 Å². The zero-order valence-electron chi connectivity index (χ0n) is 12.3. The summed E-state index contributed by atoms with van der Waals surface area (Å²) in [5, 5.41) is 3.97. The molecule has 0 heterocycles. The molecule has 3 nitrogen and oxygen atoms in total. The second-order valence-electron chi connectivity index (χ2n) is 6.34. The molecule has 4 heteroatoms. The summed E-state index contributed by atoms with van der Waals surface area (Å²) in [7, 11) is 1.44. The Morgan fingerprint density at radius 2 is 1.80 bits per heavy atom. The number of carbonyl (C=O) groups is 1. The number of anilines is 1. The Kier molecular flexibility index (Phi) is 4.28.